The molecule has 0 amide bonds. The number of halogens is 1. The first-order valence-electron chi connectivity index (χ1n) is 6.06. The van der Waals surface area contributed by atoms with Gasteiger partial charge in [-0.2, -0.15) is 5.10 Å². The maximum absolute atomic E-state index is 12.9. The predicted molar refractivity (Wildman–Crippen MR) is 88.7 cm³/mol. The fourth-order valence-electron chi connectivity index (χ4n) is 1.63. The smallest absolute Gasteiger partial charge is 0.188 e. The Morgan fingerprint density at radius 2 is 2.05 bits per heavy atom. The van der Waals surface area contributed by atoms with Crippen molar-refractivity contribution < 1.29 is 4.39 Å². The van der Waals surface area contributed by atoms with E-state index in [0.717, 1.165) is 22.0 Å². The van der Waals surface area contributed by atoms with Crippen LogP contribution in [0.25, 0.3) is 0 Å². The molecule has 0 fully saturated rings. The van der Waals surface area contributed by atoms with Gasteiger partial charge in [0.2, 0.25) is 0 Å². The maximum Gasteiger partial charge on any atom is 0.188 e. The van der Waals surface area contributed by atoms with E-state index in [1.54, 1.807) is 12.1 Å². The molecule has 0 aliphatic rings. The zero-order chi connectivity index (χ0) is 15.4. The van der Waals surface area contributed by atoms with Crippen LogP contribution in [-0.4, -0.2) is 15.8 Å². The number of benzene rings is 1. The highest BCUT2D eigenvalue weighted by molar-refractivity contribution is 7.80. The van der Waals surface area contributed by atoms with E-state index < -0.39 is 0 Å². The standard InChI is InChI=1S/C13H14FN5S2/c1-7-11(8(2)18-19-12(15)20)21-13(16-7)17-10-5-3-9(14)4-6-10/h3-6H,1-2H3,(H,16,17)(H3,15,19,20)/b18-8-. The van der Waals surface area contributed by atoms with E-state index in [0.29, 0.717) is 5.13 Å². The molecule has 8 heteroatoms. The van der Waals surface area contributed by atoms with Crippen molar-refractivity contribution >= 4 is 45.2 Å². The summed E-state index contributed by atoms with van der Waals surface area (Å²) in [6, 6.07) is 6.09. The molecule has 2 rings (SSSR count). The third kappa shape index (κ3) is 4.20. The Morgan fingerprint density at radius 3 is 2.67 bits per heavy atom. The normalized spacial score (nSPS) is 11.3. The Morgan fingerprint density at radius 1 is 1.38 bits per heavy atom. The third-order valence-electron chi connectivity index (χ3n) is 2.55. The molecule has 0 unspecified atom stereocenters. The number of aryl methyl sites for hydroxylation is 1. The lowest BCUT2D eigenvalue weighted by Crippen LogP contribution is -2.25. The summed E-state index contributed by atoms with van der Waals surface area (Å²) in [6.45, 7) is 3.73. The second kappa shape index (κ2) is 6.59. The van der Waals surface area contributed by atoms with Gasteiger partial charge in [0, 0.05) is 5.69 Å². The first-order chi connectivity index (χ1) is 9.95. The summed E-state index contributed by atoms with van der Waals surface area (Å²) in [4.78, 5) is 5.34. The van der Waals surface area contributed by atoms with Crippen molar-refractivity contribution in [1.29, 1.82) is 0 Å². The molecule has 0 aliphatic carbocycles. The number of nitrogens with one attached hydrogen (secondary N) is 2. The minimum atomic E-state index is -0.275. The summed E-state index contributed by atoms with van der Waals surface area (Å²) in [5.41, 5.74) is 10.2. The van der Waals surface area contributed by atoms with Crippen molar-refractivity contribution in [3.05, 3.63) is 40.7 Å². The Kier molecular flexibility index (Phi) is 4.81. The first kappa shape index (κ1) is 15.3. The fraction of sp³-hybridized carbons (Fsp3) is 0.154. The highest BCUT2D eigenvalue weighted by atomic mass is 32.1. The van der Waals surface area contributed by atoms with Crippen LogP contribution in [0.2, 0.25) is 0 Å². The molecule has 0 bridgehead atoms. The van der Waals surface area contributed by atoms with Crippen LogP contribution in [0.3, 0.4) is 0 Å². The molecule has 1 heterocycles. The average Bonchev–Trinajstić information content (AvgIpc) is 2.79. The Bertz CT molecular complexity index is 678. The van der Waals surface area contributed by atoms with E-state index in [4.69, 9.17) is 18.0 Å². The van der Waals surface area contributed by atoms with Crippen molar-refractivity contribution in [3.63, 3.8) is 0 Å². The number of hydrogen-bond donors (Lipinski definition) is 3. The van der Waals surface area contributed by atoms with Crippen molar-refractivity contribution in [2.45, 2.75) is 13.8 Å². The number of nitrogens with two attached hydrogens (primary N) is 1. The molecule has 2 aromatic rings. The summed E-state index contributed by atoms with van der Waals surface area (Å²) < 4.78 is 12.9. The van der Waals surface area contributed by atoms with Crippen molar-refractivity contribution in [1.82, 2.24) is 10.4 Å². The topological polar surface area (TPSA) is 75.3 Å². The van der Waals surface area contributed by atoms with Crippen LogP contribution in [-0.2, 0) is 0 Å². The summed E-state index contributed by atoms with van der Waals surface area (Å²) in [7, 11) is 0. The number of hydrogen-bond acceptors (Lipinski definition) is 5. The second-order valence-electron chi connectivity index (χ2n) is 4.24. The number of rotatable bonds is 4. The molecule has 0 aliphatic heterocycles. The van der Waals surface area contributed by atoms with Gasteiger partial charge in [-0.15, -0.1) is 0 Å². The number of thiocarbonyl (C=S) groups is 1. The van der Waals surface area contributed by atoms with Gasteiger partial charge >= 0.3 is 0 Å². The van der Waals surface area contributed by atoms with Gasteiger partial charge in [0.05, 0.1) is 16.3 Å². The van der Waals surface area contributed by atoms with Crippen LogP contribution in [0.4, 0.5) is 15.2 Å². The van der Waals surface area contributed by atoms with Crippen molar-refractivity contribution in [3.8, 4) is 0 Å². The van der Waals surface area contributed by atoms with Gasteiger partial charge in [0.25, 0.3) is 0 Å². The molecule has 0 radical (unpaired) electrons. The molecule has 1 aromatic carbocycles. The predicted octanol–water partition coefficient (Wildman–Crippen LogP) is 2.89. The lowest BCUT2D eigenvalue weighted by molar-refractivity contribution is 0.628. The van der Waals surface area contributed by atoms with Gasteiger partial charge in [-0.05, 0) is 50.3 Å². The summed E-state index contributed by atoms with van der Waals surface area (Å²) in [5, 5.41) is 8.03. The Balaban J connectivity index is 2.17. The van der Waals surface area contributed by atoms with Crippen LogP contribution in [0.15, 0.2) is 29.4 Å². The first-order valence-corrected chi connectivity index (χ1v) is 7.28. The third-order valence-corrected chi connectivity index (χ3v) is 3.83. The lowest BCUT2D eigenvalue weighted by atomic mass is 10.3. The Hall–Kier alpha value is -2.06. The minimum absolute atomic E-state index is 0.112. The van der Waals surface area contributed by atoms with E-state index in [2.05, 4.69) is 20.8 Å². The van der Waals surface area contributed by atoms with Gasteiger partial charge in [-0.1, -0.05) is 11.3 Å². The molecule has 0 saturated heterocycles. The quantitative estimate of drug-likeness (QED) is 0.458. The second-order valence-corrected chi connectivity index (χ2v) is 5.68. The summed E-state index contributed by atoms with van der Waals surface area (Å²) >= 11 is 6.15. The van der Waals surface area contributed by atoms with Gasteiger partial charge in [-0.25, -0.2) is 9.37 Å². The maximum atomic E-state index is 12.9. The molecule has 5 nitrogen and oxygen atoms in total. The highest BCUT2D eigenvalue weighted by Gasteiger charge is 2.10. The van der Waals surface area contributed by atoms with Crippen LogP contribution < -0.4 is 16.5 Å². The van der Waals surface area contributed by atoms with Gasteiger partial charge < -0.3 is 11.1 Å². The fourth-order valence-corrected chi connectivity index (χ4v) is 2.61. The molecular weight excluding hydrogens is 309 g/mol. The molecule has 4 N–H and O–H groups in total. The van der Waals surface area contributed by atoms with E-state index in [9.17, 15) is 4.39 Å². The van der Waals surface area contributed by atoms with Crippen molar-refractivity contribution in [2.75, 3.05) is 5.32 Å². The SMILES string of the molecule is C/C(=N/NC(N)=S)c1sc(Nc2ccc(F)cc2)nc1C. The summed E-state index contributed by atoms with van der Waals surface area (Å²) in [5.74, 6) is -0.275. The minimum Gasteiger partial charge on any atom is -0.375 e. The van der Waals surface area contributed by atoms with E-state index in [1.165, 1.54) is 23.5 Å². The number of thiazole rings is 1. The Labute approximate surface area is 131 Å². The van der Waals surface area contributed by atoms with Gasteiger partial charge in [0.15, 0.2) is 10.2 Å². The van der Waals surface area contributed by atoms with Crippen LogP contribution in [0.1, 0.15) is 17.5 Å². The van der Waals surface area contributed by atoms with Gasteiger partial charge in [0.1, 0.15) is 5.82 Å². The van der Waals surface area contributed by atoms with Crippen LogP contribution in [0.5, 0.6) is 0 Å². The van der Waals surface area contributed by atoms with Gasteiger partial charge in [-0.3, -0.25) is 5.43 Å². The van der Waals surface area contributed by atoms with E-state index >= 15 is 0 Å². The van der Waals surface area contributed by atoms with Crippen LogP contribution in [0, 0.1) is 12.7 Å². The largest absolute Gasteiger partial charge is 0.375 e. The number of aromatic nitrogens is 1. The number of nitrogens with zero attached hydrogens (tertiary/aromatic N) is 2. The number of anilines is 2. The monoisotopic (exact) mass is 323 g/mol. The lowest BCUT2D eigenvalue weighted by Gasteiger charge is -2.01. The molecule has 21 heavy (non-hydrogen) atoms. The highest BCUT2D eigenvalue weighted by Crippen LogP contribution is 2.26. The molecule has 1 aromatic heterocycles. The molecule has 0 spiro atoms. The zero-order valence-corrected chi connectivity index (χ0v) is 13.1. The zero-order valence-electron chi connectivity index (χ0n) is 11.5. The van der Waals surface area contributed by atoms with E-state index in [-0.39, 0.29) is 10.9 Å². The summed E-state index contributed by atoms with van der Waals surface area (Å²) in [6.07, 6.45) is 0. The molecule has 110 valence electrons. The van der Waals surface area contributed by atoms with Crippen LogP contribution >= 0.6 is 23.6 Å². The molecular formula is C13H14FN5S2. The van der Waals surface area contributed by atoms with E-state index in [1.807, 2.05) is 13.8 Å². The average molecular weight is 323 g/mol. The van der Waals surface area contributed by atoms with Crippen molar-refractivity contribution in [2.24, 2.45) is 10.8 Å². The molecule has 0 saturated carbocycles. The molecule has 0 atom stereocenters. The number of hydrazone groups is 1.